The van der Waals surface area contributed by atoms with Crippen molar-refractivity contribution in [2.75, 3.05) is 19.3 Å². The lowest BCUT2D eigenvalue weighted by molar-refractivity contribution is 0.347. The van der Waals surface area contributed by atoms with Crippen LogP contribution in [-0.4, -0.2) is 24.2 Å². The van der Waals surface area contributed by atoms with Crippen LogP contribution in [0.5, 0.6) is 0 Å². The zero-order valence-electron chi connectivity index (χ0n) is 10.0. The van der Waals surface area contributed by atoms with E-state index in [4.69, 9.17) is 4.42 Å². The Labute approximate surface area is 107 Å². The number of rotatable bonds is 6. The quantitative estimate of drug-likeness (QED) is 0.727. The van der Waals surface area contributed by atoms with E-state index in [1.54, 1.807) is 12.5 Å². The van der Waals surface area contributed by atoms with Crippen LogP contribution in [0.4, 0.5) is 0 Å². The van der Waals surface area contributed by atoms with Crippen LogP contribution < -0.4 is 0 Å². The van der Waals surface area contributed by atoms with E-state index in [2.05, 4.69) is 42.3 Å². The average Bonchev–Trinajstić information content (AvgIpc) is 2.83. The van der Waals surface area contributed by atoms with Gasteiger partial charge in [-0.15, -0.1) is 11.8 Å². The molecule has 0 N–H and O–H groups in total. The first-order valence-corrected chi connectivity index (χ1v) is 6.70. The SMILES string of the molecule is CN(CCSc1ccccc1)Cc1ccoc1. The average molecular weight is 247 g/mol. The normalized spacial score (nSPS) is 10.9. The topological polar surface area (TPSA) is 16.4 Å². The van der Waals surface area contributed by atoms with Gasteiger partial charge in [0, 0.05) is 29.3 Å². The molecule has 0 radical (unpaired) electrons. The molecule has 90 valence electrons. The fourth-order valence-electron chi connectivity index (χ4n) is 1.61. The van der Waals surface area contributed by atoms with Crippen LogP contribution in [0.15, 0.2) is 58.2 Å². The first-order valence-electron chi connectivity index (χ1n) is 5.72. The summed E-state index contributed by atoms with van der Waals surface area (Å²) in [5, 5.41) is 0. The Kier molecular flexibility index (Phi) is 4.71. The molecule has 1 heterocycles. The van der Waals surface area contributed by atoms with Crippen LogP contribution >= 0.6 is 11.8 Å². The van der Waals surface area contributed by atoms with Gasteiger partial charge in [-0.25, -0.2) is 0 Å². The molecule has 2 nitrogen and oxygen atoms in total. The molecule has 0 aliphatic carbocycles. The lowest BCUT2D eigenvalue weighted by Crippen LogP contribution is -2.20. The summed E-state index contributed by atoms with van der Waals surface area (Å²) in [5.41, 5.74) is 1.23. The third-order valence-electron chi connectivity index (χ3n) is 2.52. The molecule has 0 bridgehead atoms. The third kappa shape index (κ3) is 4.29. The van der Waals surface area contributed by atoms with E-state index in [1.807, 2.05) is 17.8 Å². The van der Waals surface area contributed by atoms with E-state index >= 15 is 0 Å². The zero-order chi connectivity index (χ0) is 11.9. The van der Waals surface area contributed by atoms with E-state index in [1.165, 1.54) is 10.5 Å². The molecule has 0 unspecified atom stereocenters. The predicted octanol–water partition coefficient (Wildman–Crippen LogP) is 3.50. The molecule has 0 amide bonds. The van der Waals surface area contributed by atoms with Gasteiger partial charge in [0.25, 0.3) is 0 Å². The Morgan fingerprint density at radius 1 is 1.18 bits per heavy atom. The van der Waals surface area contributed by atoms with Crippen molar-refractivity contribution in [3.63, 3.8) is 0 Å². The van der Waals surface area contributed by atoms with Gasteiger partial charge >= 0.3 is 0 Å². The van der Waals surface area contributed by atoms with Crippen molar-refractivity contribution in [1.82, 2.24) is 4.90 Å². The van der Waals surface area contributed by atoms with Crippen molar-refractivity contribution < 1.29 is 4.42 Å². The first kappa shape index (κ1) is 12.3. The largest absolute Gasteiger partial charge is 0.472 e. The third-order valence-corrected chi connectivity index (χ3v) is 3.51. The Morgan fingerprint density at radius 2 is 2.00 bits per heavy atom. The Balaban J connectivity index is 1.68. The summed E-state index contributed by atoms with van der Waals surface area (Å²) >= 11 is 1.90. The second-order valence-corrected chi connectivity index (χ2v) is 5.20. The van der Waals surface area contributed by atoms with Crippen molar-refractivity contribution in [3.8, 4) is 0 Å². The minimum atomic E-state index is 0.950. The van der Waals surface area contributed by atoms with E-state index in [0.717, 1.165) is 18.8 Å². The Hall–Kier alpha value is -1.19. The summed E-state index contributed by atoms with van der Waals surface area (Å²) < 4.78 is 5.06. The smallest absolute Gasteiger partial charge is 0.0947 e. The fourth-order valence-corrected chi connectivity index (χ4v) is 2.60. The number of hydrogen-bond donors (Lipinski definition) is 0. The van der Waals surface area contributed by atoms with E-state index in [0.29, 0.717) is 0 Å². The van der Waals surface area contributed by atoms with Crippen molar-refractivity contribution in [2.24, 2.45) is 0 Å². The number of benzene rings is 1. The molecule has 0 fully saturated rings. The summed E-state index contributed by atoms with van der Waals surface area (Å²) in [6.45, 7) is 2.02. The molecule has 0 aliphatic heterocycles. The second-order valence-electron chi connectivity index (χ2n) is 4.03. The number of hydrogen-bond acceptors (Lipinski definition) is 3. The Bertz CT molecular complexity index is 413. The maximum atomic E-state index is 5.06. The lowest BCUT2D eigenvalue weighted by atomic mass is 10.3. The fraction of sp³-hybridized carbons (Fsp3) is 0.286. The van der Waals surface area contributed by atoms with E-state index in [-0.39, 0.29) is 0 Å². The van der Waals surface area contributed by atoms with Crippen molar-refractivity contribution in [1.29, 1.82) is 0 Å². The van der Waals surface area contributed by atoms with Gasteiger partial charge in [-0.2, -0.15) is 0 Å². The van der Waals surface area contributed by atoms with Gasteiger partial charge in [0.2, 0.25) is 0 Å². The van der Waals surface area contributed by atoms with E-state index < -0.39 is 0 Å². The maximum Gasteiger partial charge on any atom is 0.0947 e. The summed E-state index contributed by atoms with van der Waals surface area (Å²) in [6.07, 6.45) is 3.53. The summed E-state index contributed by atoms with van der Waals surface area (Å²) in [6, 6.07) is 12.5. The molecular formula is C14H17NOS. The van der Waals surface area contributed by atoms with Gasteiger partial charge in [-0.05, 0) is 25.2 Å². The zero-order valence-corrected chi connectivity index (χ0v) is 10.8. The van der Waals surface area contributed by atoms with Crippen molar-refractivity contribution in [2.45, 2.75) is 11.4 Å². The highest BCUT2D eigenvalue weighted by Crippen LogP contribution is 2.16. The minimum Gasteiger partial charge on any atom is -0.472 e. The first-order chi connectivity index (χ1) is 8.34. The van der Waals surface area contributed by atoms with Crippen molar-refractivity contribution >= 4 is 11.8 Å². The molecule has 1 aromatic carbocycles. The number of furan rings is 1. The number of thioether (sulfide) groups is 1. The van der Waals surface area contributed by atoms with Crippen LogP contribution in [0.1, 0.15) is 5.56 Å². The van der Waals surface area contributed by atoms with Crippen LogP contribution in [0, 0.1) is 0 Å². The highest BCUT2D eigenvalue weighted by molar-refractivity contribution is 7.99. The van der Waals surface area contributed by atoms with Gasteiger partial charge in [0.05, 0.1) is 12.5 Å². The highest BCUT2D eigenvalue weighted by Gasteiger charge is 2.01. The molecule has 0 saturated carbocycles. The van der Waals surface area contributed by atoms with Gasteiger partial charge in [-0.1, -0.05) is 18.2 Å². The van der Waals surface area contributed by atoms with Gasteiger partial charge in [0.15, 0.2) is 0 Å². The van der Waals surface area contributed by atoms with Crippen LogP contribution in [0.2, 0.25) is 0 Å². The molecular weight excluding hydrogens is 230 g/mol. The van der Waals surface area contributed by atoms with Crippen molar-refractivity contribution in [3.05, 3.63) is 54.5 Å². The predicted molar refractivity (Wildman–Crippen MR) is 72.2 cm³/mol. The van der Waals surface area contributed by atoms with Crippen LogP contribution in [0.3, 0.4) is 0 Å². The van der Waals surface area contributed by atoms with Crippen LogP contribution in [-0.2, 0) is 6.54 Å². The molecule has 0 spiro atoms. The van der Waals surface area contributed by atoms with E-state index in [9.17, 15) is 0 Å². The number of nitrogens with zero attached hydrogens (tertiary/aromatic N) is 1. The molecule has 1 aromatic heterocycles. The van der Waals surface area contributed by atoms with Crippen LogP contribution in [0.25, 0.3) is 0 Å². The van der Waals surface area contributed by atoms with Gasteiger partial charge < -0.3 is 9.32 Å². The molecule has 0 aliphatic rings. The minimum absolute atomic E-state index is 0.950. The molecule has 0 atom stereocenters. The molecule has 0 saturated heterocycles. The summed E-state index contributed by atoms with van der Waals surface area (Å²) in [4.78, 5) is 3.64. The summed E-state index contributed by atoms with van der Waals surface area (Å²) in [5.74, 6) is 1.11. The monoisotopic (exact) mass is 247 g/mol. The molecule has 2 aromatic rings. The second kappa shape index (κ2) is 6.52. The lowest BCUT2D eigenvalue weighted by Gasteiger charge is -2.14. The molecule has 3 heteroatoms. The van der Waals surface area contributed by atoms with Gasteiger partial charge in [-0.3, -0.25) is 0 Å². The Morgan fingerprint density at radius 3 is 2.71 bits per heavy atom. The maximum absolute atomic E-state index is 5.06. The highest BCUT2D eigenvalue weighted by atomic mass is 32.2. The van der Waals surface area contributed by atoms with Gasteiger partial charge in [0.1, 0.15) is 0 Å². The molecule has 17 heavy (non-hydrogen) atoms. The summed E-state index contributed by atoms with van der Waals surface area (Å²) in [7, 11) is 2.14. The molecule has 2 rings (SSSR count). The standard InChI is InChI=1S/C14H17NOS/c1-15(11-13-7-9-16-12-13)8-10-17-14-5-3-2-4-6-14/h2-7,9,12H,8,10-11H2,1H3.